The number of benzene rings is 1. The summed E-state index contributed by atoms with van der Waals surface area (Å²) in [7, 11) is 0. The van der Waals surface area contributed by atoms with Crippen molar-refractivity contribution in [3.8, 4) is 0 Å². The monoisotopic (exact) mass is 370 g/mol. The molecule has 6 heteroatoms. The number of aromatic nitrogens is 1. The summed E-state index contributed by atoms with van der Waals surface area (Å²) in [6, 6.07) is 12.1. The van der Waals surface area contributed by atoms with Gasteiger partial charge in [0.1, 0.15) is 0 Å². The number of halogens is 1. The summed E-state index contributed by atoms with van der Waals surface area (Å²) in [5.41, 5.74) is 9.08. The third-order valence-corrected chi connectivity index (χ3v) is 5.81. The van der Waals surface area contributed by atoms with Crippen molar-refractivity contribution in [3.05, 3.63) is 64.9 Å². The van der Waals surface area contributed by atoms with Crippen molar-refractivity contribution in [2.24, 2.45) is 11.8 Å². The zero-order valence-electron chi connectivity index (χ0n) is 14.5. The van der Waals surface area contributed by atoms with Crippen molar-refractivity contribution in [3.63, 3.8) is 0 Å². The molecule has 2 aromatic rings. The van der Waals surface area contributed by atoms with Gasteiger partial charge in [0.2, 0.25) is 5.91 Å². The molecule has 2 heterocycles. The second-order valence-electron chi connectivity index (χ2n) is 7.12. The van der Waals surface area contributed by atoms with Crippen LogP contribution in [0.5, 0.6) is 0 Å². The van der Waals surface area contributed by atoms with Crippen LogP contribution in [-0.4, -0.2) is 16.9 Å². The molecule has 3 N–H and O–H groups in total. The Kier molecular flexibility index (Phi) is 5.20. The highest BCUT2D eigenvalue weighted by Crippen LogP contribution is 2.40. The van der Waals surface area contributed by atoms with E-state index in [0.29, 0.717) is 17.5 Å². The molecule has 2 aliphatic rings. The molecule has 1 aliphatic carbocycles. The smallest absolute Gasteiger partial charge is 0.225 e. The minimum Gasteiger partial charge on any atom is -0.352 e. The van der Waals surface area contributed by atoms with E-state index in [-0.39, 0.29) is 23.9 Å². The number of amides is 1. The van der Waals surface area contributed by atoms with Gasteiger partial charge in [0.05, 0.1) is 12.0 Å². The molecule has 0 spiro atoms. The van der Waals surface area contributed by atoms with Gasteiger partial charge in [-0.15, -0.1) is 0 Å². The van der Waals surface area contributed by atoms with Gasteiger partial charge >= 0.3 is 0 Å². The summed E-state index contributed by atoms with van der Waals surface area (Å²) in [6.45, 7) is 0.533. The maximum Gasteiger partial charge on any atom is 0.225 e. The molecular formula is C20H23ClN4O. The third-order valence-electron chi connectivity index (χ3n) is 5.56. The summed E-state index contributed by atoms with van der Waals surface area (Å²) in [5, 5.41) is 3.80. The van der Waals surface area contributed by atoms with E-state index in [0.717, 1.165) is 24.8 Å². The number of hydrogen-bond acceptors (Lipinski definition) is 4. The zero-order chi connectivity index (χ0) is 17.9. The lowest BCUT2D eigenvalue weighted by Crippen LogP contribution is -2.47. The molecule has 4 unspecified atom stereocenters. The largest absolute Gasteiger partial charge is 0.352 e. The van der Waals surface area contributed by atoms with Gasteiger partial charge in [0.15, 0.2) is 0 Å². The predicted molar refractivity (Wildman–Crippen MR) is 101 cm³/mol. The van der Waals surface area contributed by atoms with Gasteiger partial charge in [-0.25, -0.2) is 5.43 Å². The predicted octanol–water partition coefficient (Wildman–Crippen LogP) is 2.99. The van der Waals surface area contributed by atoms with E-state index in [2.05, 4.69) is 21.2 Å². The first kappa shape index (κ1) is 17.5. The Morgan fingerprint density at radius 3 is 2.65 bits per heavy atom. The number of carbonyl (C=O) groups excluding carboxylic acids is 1. The van der Waals surface area contributed by atoms with Crippen LogP contribution >= 0.6 is 11.6 Å². The molecule has 1 saturated heterocycles. The molecule has 5 nitrogen and oxygen atoms in total. The van der Waals surface area contributed by atoms with Crippen molar-refractivity contribution >= 4 is 17.5 Å². The van der Waals surface area contributed by atoms with Crippen molar-refractivity contribution in [1.82, 2.24) is 21.2 Å². The fourth-order valence-corrected chi connectivity index (χ4v) is 4.35. The Morgan fingerprint density at radius 2 is 1.88 bits per heavy atom. The first-order valence-corrected chi connectivity index (χ1v) is 9.53. The van der Waals surface area contributed by atoms with E-state index >= 15 is 0 Å². The van der Waals surface area contributed by atoms with E-state index in [1.807, 2.05) is 48.8 Å². The summed E-state index contributed by atoms with van der Waals surface area (Å²) < 4.78 is 0. The average molecular weight is 371 g/mol. The van der Waals surface area contributed by atoms with Crippen molar-refractivity contribution in [2.75, 3.05) is 0 Å². The number of hydrazine groups is 1. The molecule has 4 atom stereocenters. The lowest BCUT2D eigenvalue weighted by Gasteiger charge is -2.33. The molecule has 4 rings (SSSR count). The van der Waals surface area contributed by atoms with E-state index in [1.165, 1.54) is 5.56 Å². The van der Waals surface area contributed by atoms with Gasteiger partial charge in [-0.3, -0.25) is 15.2 Å². The number of hydrogen-bond donors (Lipinski definition) is 3. The van der Waals surface area contributed by atoms with E-state index in [1.54, 1.807) is 0 Å². The Hall–Kier alpha value is -1.95. The Labute approximate surface area is 158 Å². The number of pyridine rings is 1. The lowest BCUT2D eigenvalue weighted by atomic mass is 9.73. The second kappa shape index (κ2) is 7.74. The van der Waals surface area contributed by atoms with Gasteiger partial charge in [-0.2, -0.15) is 0 Å². The normalized spacial score (nSPS) is 27.7. The number of nitrogens with zero attached hydrogens (tertiary/aromatic N) is 1. The first-order chi connectivity index (χ1) is 12.7. The van der Waals surface area contributed by atoms with Crippen LogP contribution in [0.15, 0.2) is 48.8 Å². The van der Waals surface area contributed by atoms with Crippen molar-refractivity contribution < 1.29 is 4.79 Å². The standard InChI is InChI=1S/C20H23ClN4O/c21-15-6-4-13(5-7-15)12-23-20(26)17-3-1-2-16-18(24-25-19(16)17)14-8-10-22-11-9-14/h4-11,16-19,24-25H,1-3,12H2,(H,23,26). The van der Waals surface area contributed by atoms with Crippen molar-refractivity contribution in [2.45, 2.75) is 37.9 Å². The van der Waals surface area contributed by atoms with Gasteiger partial charge in [0, 0.05) is 30.0 Å². The molecule has 1 aromatic carbocycles. The van der Waals surface area contributed by atoms with E-state index in [4.69, 9.17) is 11.6 Å². The first-order valence-electron chi connectivity index (χ1n) is 9.15. The molecule has 2 fully saturated rings. The van der Waals surface area contributed by atoms with E-state index < -0.39 is 0 Å². The third kappa shape index (κ3) is 3.61. The topological polar surface area (TPSA) is 66.0 Å². The summed E-state index contributed by atoms with van der Waals surface area (Å²) in [4.78, 5) is 16.9. The van der Waals surface area contributed by atoms with Crippen LogP contribution in [0.3, 0.4) is 0 Å². The molecule has 136 valence electrons. The Balaban J connectivity index is 1.41. The van der Waals surface area contributed by atoms with Crippen LogP contribution in [-0.2, 0) is 11.3 Å². The minimum absolute atomic E-state index is 0.0135. The quantitative estimate of drug-likeness (QED) is 0.774. The Morgan fingerprint density at radius 1 is 1.12 bits per heavy atom. The maximum absolute atomic E-state index is 12.8. The molecular weight excluding hydrogens is 348 g/mol. The van der Waals surface area contributed by atoms with Crippen LogP contribution in [0.4, 0.5) is 0 Å². The average Bonchev–Trinajstić information content (AvgIpc) is 3.12. The second-order valence-corrected chi connectivity index (χ2v) is 7.55. The van der Waals surface area contributed by atoms with Gasteiger partial charge in [0.25, 0.3) is 0 Å². The molecule has 0 bridgehead atoms. The zero-order valence-corrected chi connectivity index (χ0v) is 15.2. The summed E-state index contributed by atoms with van der Waals surface area (Å²) >= 11 is 5.91. The van der Waals surface area contributed by atoms with Gasteiger partial charge < -0.3 is 5.32 Å². The fourth-order valence-electron chi connectivity index (χ4n) is 4.22. The van der Waals surface area contributed by atoms with Gasteiger partial charge in [-0.1, -0.05) is 30.2 Å². The van der Waals surface area contributed by atoms with Crippen LogP contribution in [0.25, 0.3) is 0 Å². The Bertz CT molecular complexity index is 752. The van der Waals surface area contributed by atoms with Crippen LogP contribution in [0, 0.1) is 11.8 Å². The van der Waals surface area contributed by atoms with Crippen LogP contribution < -0.4 is 16.2 Å². The minimum atomic E-state index is -0.0135. The molecule has 1 aliphatic heterocycles. The highest BCUT2D eigenvalue weighted by Gasteiger charge is 2.45. The number of rotatable bonds is 4. The summed E-state index contributed by atoms with van der Waals surface area (Å²) in [5.74, 6) is 0.525. The lowest BCUT2D eigenvalue weighted by molar-refractivity contribution is -0.127. The highest BCUT2D eigenvalue weighted by atomic mass is 35.5. The molecule has 1 aromatic heterocycles. The van der Waals surface area contributed by atoms with Crippen LogP contribution in [0.2, 0.25) is 5.02 Å². The molecule has 1 saturated carbocycles. The number of nitrogens with one attached hydrogen (secondary N) is 3. The summed E-state index contributed by atoms with van der Waals surface area (Å²) in [6.07, 6.45) is 6.77. The highest BCUT2D eigenvalue weighted by molar-refractivity contribution is 6.30. The van der Waals surface area contributed by atoms with E-state index in [9.17, 15) is 4.79 Å². The molecule has 0 radical (unpaired) electrons. The maximum atomic E-state index is 12.8. The van der Waals surface area contributed by atoms with Crippen LogP contribution in [0.1, 0.15) is 36.4 Å². The SMILES string of the molecule is O=C(NCc1ccc(Cl)cc1)C1CCCC2C(c3ccncc3)NNC12. The molecule has 26 heavy (non-hydrogen) atoms. The number of carbonyl (C=O) groups is 1. The molecule has 1 amide bonds. The van der Waals surface area contributed by atoms with Crippen molar-refractivity contribution in [1.29, 1.82) is 0 Å². The van der Waals surface area contributed by atoms with Gasteiger partial charge in [-0.05, 0) is 54.2 Å². The number of fused-ring (bicyclic) bond motifs is 1. The fraction of sp³-hybridized carbons (Fsp3) is 0.400.